The highest BCUT2D eigenvalue weighted by Gasteiger charge is 2.24. The van der Waals surface area contributed by atoms with Gasteiger partial charge in [-0.1, -0.05) is 0 Å². The highest BCUT2D eigenvalue weighted by Crippen LogP contribution is 2.25. The molecule has 1 amide bonds. The van der Waals surface area contributed by atoms with Crippen LogP contribution in [-0.2, 0) is 10.0 Å². The Labute approximate surface area is 118 Å². The van der Waals surface area contributed by atoms with Crippen LogP contribution in [0, 0.1) is 5.92 Å². The molecule has 2 atom stereocenters. The first-order valence-electron chi connectivity index (χ1n) is 6.46. The van der Waals surface area contributed by atoms with Gasteiger partial charge in [-0.3, -0.25) is 4.79 Å². The Kier molecular flexibility index (Phi) is 4.42. The number of carbonyl (C=O) groups excluding carboxylic acids is 1. The summed E-state index contributed by atoms with van der Waals surface area (Å²) >= 11 is 0. The zero-order chi connectivity index (χ0) is 14.8. The van der Waals surface area contributed by atoms with Crippen LogP contribution in [0.4, 0.5) is 0 Å². The van der Waals surface area contributed by atoms with E-state index < -0.39 is 15.9 Å². The topological polar surface area (TPSA) is 109 Å². The third-order valence-corrected chi connectivity index (χ3v) is 4.96. The Hall–Kier alpha value is -1.44. The smallest absolute Gasteiger partial charge is 0.248 e. The van der Waals surface area contributed by atoms with E-state index in [9.17, 15) is 18.3 Å². The van der Waals surface area contributed by atoms with Crippen molar-refractivity contribution in [2.45, 2.75) is 30.3 Å². The third kappa shape index (κ3) is 3.56. The lowest BCUT2D eigenvalue weighted by molar-refractivity contribution is 0.1000. The van der Waals surface area contributed by atoms with Crippen LogP contribution in [0.1, 0.15) is 29.6 Å². The molecule has 1 aliphatic rings. The average molecular weight is 298 g/mol. The number of nitrogens with one attached hydrogen (secondary N) is 1. The Balaban J connectivity index is 2.00. The molecule has 0 aliphatic heterocycles. The minimum Gasteiger partial charge on any atom is -0.393 e. The maximum Gasteiger partial charge on any atom is 0.248 e. The third-order valence-electron chi connectivity index (χ3n) is 3.52. The van der Waals surface area contributed by atoms with Gasteiger partial charge in [0.05, 0.1) is 11.0 Å². The molecule has 0 radical (unpaired) electrons. The first kappa shape index (κ1) is 15.0. The molecule has 0 spiro atoms. The summed E-state index contributed by atoms with van der Waals surface area (Å²) in [5.74, 6) is -0.425. The summed E-state index contributed by atoms with van der Waals surface area (Å²) in [5.41, 5.74) is 5.37. The maximum absolute atomic E-state index is 12.1. The number of aliphatic hydroxyl groups is 1. The van der Waals surface area contributed by atoms with Gasteiger partial charge >= 0.3 is 0 Å². The number of hydrogen-bond donors (Lipinski definition) is 3. The fourth-order valence-corrected chi connectivity index (χ4v) is 3.46. The first-order chi connectivity index (χ1) is 9.38. The van der Waals surface area contributed by atoms with Gasteiger partial charge in [0.1, 0.15) is 0 Å². The summed E-state index contributed by atoms with van der Waals surface area (Å²) in [7, 11) is -3.59. The molecule has 0 heterocycles. The number of rotatable bonds is 5. The van der Waals surface area contributed by atoms with Crippen LogP contribution in [0.2, 0.25) is 0 Å². The summed E-state index contributed by atoms with van der Waals surface area (Å²) in [6.07, 6.45) is 1.85. The van der Waals surface area contributed by atoms with Crippen molar-refractivity contribution in [3.05, 3.63) is 29.8 Å². The van der Waals surface area contributed by atoms with Gasteiger partial charge in [-0.2, -0.15) is 0 Å². The van der Waals surface area contributed by atoms with Gasteiger partial charge in [-0.25, -0.2) is 13.1 Å². The number of amides is 1. The number of carbonyl (C=O) groups is 1. The fourth-order valence-electron chi connectivity index (χ4n) is 2.34. The minimum absolute atomic E-state index is 0.0982. The van der Waals surface area contributed by atoms with Crippen LogP contribution < -0.4 is 10.5 Å². The van der Waals surface area contributed by atoms with E-state index in [0.717, 1.165) is 12.8 Å². The maximum atomic E-state index is 12.1. The lowest BCUT2D eigenvalue weighted by Crippen LogP contribution is -2.28. The minimum atomic E-state index is -3.59. The Morgan fingerprint density at radius 3 is 2.45 bits per heavy atom. The van der Waals surface area contributed by atoms with Gasteiger partial charge in [0.15, 0.2) is 0 Å². The van der Waals surface area contributed by atoms with Crippen molar-refractivity contribution in [1.29, 1.82) is 0 Å². The van der Waals surface area contributed by atoms with E-state index in [1.807, 2.05) is 0 Å². The van der Waals surface area contributed by atoms with Crippen LogP contribution >= 0.6 is 0 Å². The molecule has 1 aromatic rings. The van der Waals surface area contributed by atoms with Crippen LogP contribution in [0.25, 0.3) is 0 Å². The zero-order valence-electron chi connectivity index (χ0n) is 11.0. The van der Waals surface area contributed by atoms with Crippen molar-refractivity contribution >= 4 is 15.9 Å². The van der Waals surface area contributed by atoms with Crippen molar-refractivity contribution in [3.8, 4) is 0 Å². The molecule has 0 aromatic heterocycles. The average Bonchev–Trinajstić information content (AvgIpc) is 2.82. The molecule has 0 bridgehead atoms. The van der Waals surface area contributed by atoms with E-state index >= 15 is 0 Å². The van der Waals surface area contributed by atoms with Crippen molar-refractivity contribution in [1.82, 2.24) is 4.72 Å². The molecule has 1 fully saturated rings. The summed E-state index contributed by atoms with van der Waals surface area (Å²) in [5, 5.41) is 9.41. The molecule has 7 heteroatoms. The molecular formula is C13H18N2O4S. The zero-order valence-corrected chi connectivity index (χ0v) is 11.8. The second-order valence-electron chi connectivity index (χ2n) is 5.07. The van der Waals surface area contributed by atoms with Crippen LogP contribution in [0.5, 0.6) is 0 Å². The monoisotopic (exact) mass is 298 g/mol. The normalized spacial score (nSPS) is 22.9. The second-order valence-corrected chi connectivity index (χ2v) is 6.84. The molecule has 110 valence electrons. The van der Waals surface area contributed by atoms with E-state index in [0.29, 0.717) is 13.0 Å². The van der Waals surface area contributed by atoms with Gasteiger partial charge in [-0.15, -0.1) is 0 Å². The van der Waals surface area contributed by atoms with Gasteiger partial charge in [-0.05, 0) is 49.4 Å². The van der Waals surface area contributed by atoms with Crippen molar-refractivity contribution in [2.24, 2.45) is 11.7 Å². The van der Waals surface area contributed by atoms with Crippen LogP contribution in [0.3, 0.4) is 0 Å². The highest BCUT2D eigenvalue weighted by atomic mass is 32.2. The molecule has 1 aromatic carbocycles. The summed E-state index contributed by atoms with van der Waals surface area (Å²) in [4.78, 5) is 11.0. The predicted octanol–water partition coefficient (Wildman–Crippen LogP) is 0.225. The van der Waals surface area contributed by atoms with Gasteiger partial charge in [0.2, 0.25) is 15.9 Å². The summed E-state index contributed by atoms with van der Waals surface area (Å²) < 4.78 is 26.7. The second kappa shape index (κ2) is 5.90. The Morgan fingerprint density at radius 2 is 1.95 bits per heavy atom. The predicted molar refractivity (Wildman–Crippen MR) is 73.5 cm³/mol. The molecule has 2 rings (SSSR count). The Morgan fingerprint density at radius 1 is 1.30 bits per heavy atom. The van der Waals surface area contributed by atoms with Crippen molar-refractivity contribution in [2.75, 3.05) is 6.54 Å². The number of sulfonamides is 1. The van der Waals surface area contributed by atoms with E-state index in [2.05, 4.69) is 4.72 Å². The molecule has 2 unspecified atom stereocenters. The Bertz CT molecular complexity index is 583. The van der Waals surface area contributed by atoms with Crippen molar-refractivity contribution < 1.29 is 18.3 Å². The van der Waals surface area contributed by atoms with Gasteiger partial charge in [0.25, 0.3) is 0 Å². The molecule has 20 heavy (non-hydrogen) atoms. The fraction of sp³-hybridized carbons (Fsp3) is 0.462. The van der Waals surface area contributed by atoms with E-state index in [4.69, 9.17) is 5.73 Å². The number of hydrogen-bond acceptors (Lipinski definition) is 4. The van der Waals surface area contributed by atoms with E-state index in [-0.39, 0.29) is 22.5 Å². The molecule has 1 saturated carbocycles. The summed E-state index contributed by atoms with van der Waals surface area (Å²) in [6.45, 7) is 0.316. The van der Waals surface area contributed by atoms with Gasteiger partial charge < -0.3 is 10.8 Å². The van der Waals surface area contributed by atoms with Crippen LogP contribution in [0.15, 0.2) is 29.2 Å². The lowest BCUT2D eigenvalue weighted by Gasteiger charge is -2.11. The number of primary amides is 1. The lowest BCUT2D eigenvalue weighted by atomic mass is 10.1. The van der Waals surface area contributed by atoms with Gasteiger partial charge in [0, 0.05) is 12.1 Å². The number of aliphatic hydroxyl groups excluding tert-OH is 1. The quantitative estimate of drug-likeness (QED) is 0.722. The van der Waals surface area contributed by atoms with E-state index in [1.165, 1.54) is 24.3 Å². The standard InChI is InChI=1S/C13H18N2O4S/c14-13(17)10-2-5-12(6-3-10)20(18,19)15-8-9-1-4-11(16)7-9/h2-3,5-6,9,11,15-16H,1,4,7-8H2,(H2,14,17). The largest absolute Gasteiger partial charge is 0.393 e. The van der Waals surface area contributed by atoms with E-state index in [1.54, 1.807) is 0 Å². The molecule has 0 saturated heterocycles. The molecule has 4 N–H and O–H groups in total. The SMILES string of the molecule is NC(=O)c1ccc(S(=O)(=O)NCC2CCC(O)C2)cc1. The molecule has 6 nitrogen and oxygen atoms in total. The first-order valence-corrected chi connectivity index (χ1v) is 7.94. The number of benzene rings is 1. The number of nitrogens with two attached hydrogens (primary N) is 1. The van der Waals surface area contributed by atoms with Crippen LogP contribution in [-0.4, -0.2) is 32.1 Å². The molecule has 1 aliphatic carbocycles. The summed E-state index contributed by atoms with van der Waals surface area (Å²) in [6, 6.07) is 5.48. The van der Waals surface area contributed by atoms with Crippen molar-refractivity contribution in [3.63, 3.8) is 0 Å². The highest BCUT2D eigenvalue weighted by molar-refractivity contribution is 7.89. The molecular weight excluding hydrogens is 280 g/mol.